The number of rotatable bonds is 24. The van der Waals surface area contributed by atoms with Gasteiger partial charge in [-0.2, -0.15) is 10.1 Å². The van der Waals surface area contributed by atoms with Crippen LogP contribution >= 0.6 is 0 Å². The number of pyridine rings is 2. The number of carbonyl (C=O) groups is 3. The van der Waals surface area contributed by atoms with Gasteiger partial charge in [-0.05, 0) is 108 Å². The van der Waals surface area contributed by atoms with Crippen LogP contribution in [0.5, 0.6) is 0 Å². The van der Waals surface area contributed by atoms with Crippen LogP contribution in [0.15, 0.2) is 97.3 Å². The summed E-state index contributed by atoms with van der Waals surface area (Å²) in [5.74, 6) is 11.9. The number of aldehydes is 1. The molecule has 3 N–H and O–H groups in total. The summed E-state index contributed by atoms with van der Waals surface area (Å²) in [5, 5.41) is 6.94. The van der Waals surface area contributed by atoms with E-state index >= 15 is 0 Å². The summed E-state index contributed by atoms with van der Waals surface area (Å²) >= 11 is 0. The first-order valence-corrected chi connectivity index (χ1v) is 34.8. The van der Waals surface area contributed by atoms with Crippen LogP contribution in [-0.2, 0) is 57.2 Å². The molecule has 0 radical (unpaired) electrons. The second-order valence-electron chi connectivity index (χ2n) is 23.6. The molecule has 2 aromatic carbocycles. The molecule has 0 saturated carbocycles. The Labute approximate surface area is 498 Å². The van der Waals surface area contributed by atoms with Gasteiger partial charge in [-0.1, -0.05) is 155 Å². The molecule has 17 heteroatoms. The number of ether oxygens (including phenoxy) is 2. The predicted octanol–water partition coefficient (Wildman–Crippen LogP) is 11.4. The van der Waals surface area contributed by atoms with Crippen molar-refractivity contribution in [2.24, 2.45) is 17.6 Å². The second kappa shape index (κ2) is 32.7. The fourth-order valence-electron chi connectivity index (χ4n) is 12.3. The van der Waals surface area contributed by atoms with Crippen molar-refractivity contribution in [2.45, 2.75) is 199 Å². The van der Waals surface area contributed by atoms with Crippen molar-refractivity contribution in [1.29, 1.82) is 0 Å². The molecule has 4 fully saturated rings. The van der Waals surface area contributed by atoms with Gasteiger partial charge in [0.2, 0.25) is 0 Å². The van der Waals surface area contributed by atoms with Crippen LogP contribution in [-0.4, -0.2) is 118 Å². The average molecular weight is 1170 g/mol. The first-order chi connectivity index (χ1) is 39.9. The Morgan fingerprint density at radius 2 is 1.12 bits per heavy atom. The topological polar surface area (TPSA) is 177 Å². The number of nitrogens with one attached hydrogen (secondary N) is 1. The van der Waals surface area contributed by atoms with Gasteiger partial charge in [-0.15, -0.1) is 0 Å². The van der Waals surface area contributed by atoms with Gasteiger partial charge in [0.15, 0.2) is 22.9 Å². The van der Waals surface area contributed by atoms with E-state index in [2.05, 4.69) is 120 Å². The Morgan fingerprint density at radius 1 is 0.651 bits per heavy atom. The molecule has 8 rings (SSSR count). The zero-order valence-corrected chi connectivity index (χ0v) is 53.5. The molecule has 15 nitrogen and oxygen atoms in total. The molecule has 4 aliphatic rings. The van der Waals surface area contributed by atoms with E-state index in [4.69, 9.17) is 33.7 Å². The number of hydroxylamine groups is 4. The van der Waals surface area contributed by atoms with E-state index in [-0.39, 0.29) is 48.2 Å². The molecular weight excluding hydrogens is 1080 g/mol. The van der Waals surface area contributed by atoms with Gasteiger partial charge in [0.25, 0.3) is 0 Å². The van der Waals surface area contributed by atoms with Crippen molar-refractivity contribution in [3.63, 3.8) is 0 Å². The molecule has 4 aromatic rings. The van der Waals surface area contributed by atoms with Crippen LogP contribution in [0, 0.1) is 35.5 Å². The maximum absolute atomic E-state index is 12.9. The van der Waals surface area contributed by atoms with Crippen molar-refractivity contribution >= 4 is 34.9 Å². The molecule has 2 aromatic heterocycles. The van der Waals surface area contributed by atoms with Gasteiger partial charge in [0, 0.05) is 30.1 Å². The van der Waals surface area contributed by atoms with Crippen LogP contribution in [0.2, 0.25) is 34.3 Å². The molecule has 0 aliphatic carbocycles. The highest BCUT2D eigenvalue weighted by molar-refractivity contribution is 6.76. The Bertz CT molecular complexity index is 2770. The molecule has 8 atom stereocenters. The largest absolute Gasteiger partial charge is 0.461 e. The number of cyclic esters (lactones) is 2. The highest BCUT2D eigenvalue weighted by Gasteiger charge is 2.58. The molecular formula is C66H94N6O9Si2. The first kappa shape index (κ1) is 66.7. The van der Waals surface area contributed by atoms with Crippen LogP contribution in [0.4, 0.5) is 0 Å². The lowest BCUT2D eigenvalue weighted by atomic mass is 9.93. The molecule has 0 unspecified atom stereocenters. The summed E-state index contributed by atoms with van der Waals surface area (Å²) in [6.45, 7) is 30.4. The van der Waals surface area contributed by atoms with E-state index < -0.39 is 28.7 Å². The minimum absolute atomic E-state index is 0.0371. The van der Waals surface area contributed by atoms with E-state index in [0.29, 0.717) is 73.8 Å². The minimum atomic E-state index is -2.01. The van der Waals surface area contributed by atoms with Gasteiger partial charge in [0.05, 0.1) is 56.9 Å². The maximum atomic E-state index is 12.9. The number of nitrogens with zero attached hydrogens (tertiary/aromatic N) is 4. The molecule has 0 bridgehead atoms. The third-order valence-corrected chi connectivity index (χ3v) is 28.4. The number of esters is 2. The lowest BCUT2D eigenvalue weighted by Gasteiger charge is -2.40. The Balaban J connectivity index is 0.000000237. The SMILES string of the molecule is CCCC[Si](OC[C@@H]1ON(Cc2cccc(C#CCN)c2)[C@@H]2C(=O)O[C@@H](C)[C@H]12)(C(C)C)C(C)C.CCCC[Si](OC[C@@H]1ON(Cc2cccc(C#CCNCc3ccccn3)c2)[C@@H]2C(=O)O[C@@H](C)[C@H]12)(C(C)C)C(C)C.O=Cc1ccccn1. The summed E-state index contributed by atoms with van der Waals surface area (Å²) in [7, 11) is -4.00. The van der Waals surface area contributed by atoms with Crippen molar-refractivity contribution in [3.8, 4) is 23.7 Å². The van der Waals surface area contributed by atoms with Crippen molar-refractivity contribution in [2.75, 3.05) is 26.3 Å². The second-order valence-corrected chi connectivity index (χ2v) is 33.6. The summed E-state index contributed by atoms with van der Waals surface area (Å²) < 4.78 is 25.2. The van der Waals surface area contributed by atoms with Gasteiger partial charge >= 0.3 is 11.9 Å². The highest BCUT2D eigenvalue weighted by Crippen LogP contribution is 2.44. The lowest BCUT2D eigenvalue weighted by molar-refractivity contribution is -0.195. The molecule has 0 amide bonds. The standard InChI is InChI=1S/C33H47N3O4Si.C27H42N2O4Si.C6H5NO/c1-7-8-19-41(24(2)3,25(4)5)38-23-30-31-26(6)39-33(37)32(31)36(40-30)22-28-14-11-13-27(20-28)15-12-17-34-21-29-16-9-10-18-35-29;1-7-8-15-34(19(2)3,20(4)5)31-18-24-25-21(6)32-27(30)26(25)29(33-24)17-23-12-9-11-22(16-23)13-10-14-28;8-5-6-3-1-2-4-7-6/h9-11,13-14,16,18,20,24-26,30-32,34H,7-8,17,19,21-23H2,1-6H3;9,11-12,16,19-21,24-26H,7-8,14-15,17-18,28H2,1-6H3;1-5H/t26-,30-,31+,32-;21-,24-,25+,26-;/m00./s1. The lowest BCUT2D eigenvalue weighted by Crippen LogP contribution is -2.47. The van der Waals surface area contributed by atoms with E-state index in [9.17, 15) is 14.4 Å². The van der Waals surface area contributed by atoms with E-state index in [1.54, 1.807) is 35.7 Å². The van der Waals surface area contributed by atoms with Crippen LogP contribution in [0.25, 0.3) is 0 Å². The zero-order valence-electron chi connectivity index (χ0n) is 51.5. The maximum Gasteiger partial charge on any atom is 0.326 e. The molecule has 4 aliphatic heterocycles. The molecule has 450 valence electrons. The highest BCUT2D eigenvalue weighted by atomic mass is 28.4. The summed E-state index contributed by atoms with van der Waals surface area (Å²) in [5.41, 5.74) is 12.9. The van der Waals surface area contributed by atoms with E-state index in [1.807, 2.05) is 73.5 Å². The molecule has 6 heterocycles. The summed E-state index contributed by atoms with van der Waals surface area (Å²) in [4.78, 5) is 56.6. The normalized spacial score (nSPS) is 22.2. The fraction of sp³-hybridized carbons (Fsp3) is 0.561. The number of benzene rings is 2. The van der Waals surface area contributed by atoms with Gasteiger partial charge in [-0.3, -0.25) is 34.0 Å². The number of nitrogens with two attached hydrogens (primary N) is 1. The number of hydrogen-bond donors (Lipinski definition) is 2. The van der Waals surface area contributed by atoms with Gasteiger partial charge < -0.3 is 29.4 Å². The number of carbonyl (C=O) groups excluding carboxylic acids is 3. The van der Waals surface area contributed by atoms with E-state index in [0.717, 1.165) is 46.3 Å². The summed E-state index contributed by atoms with van der Waals surface area (Å²) in [6.07, 6.45) is 8.01. The Morgan fingerprint density at radius 3 is 1.52 bits per heavy atom. The molecule has 0 spiro atoms. The first-order valence-electron chi connectivity index (χ1n) is 30.3. The van der Waals surface area contributed by atoms with Gasteiger partial charge in [-0.25, -0.2) is 0 Å². The Kier molecular flexibility index (Phi) is 26.3. The predicted molar refractivity (Wildman–Crippen MR) is 331 cm³/mol. The van der Waals surface area contributed by atoms with Gasteiger partial charge in [0.1, 0.15) is 42.2 Å². The zero-order chi connectivity index (χ0) is 60.1. The van der Waals surface area contributed by atoms with Crippen molar-refractivity contribution in [1.82, 2.24) is 25.4 Å². The van der Waals surface area contributed by atoms with Crippen LogP contribution in [0.1, 0.15) is 147 Å². The third-order valence-electron chi connectivity index (χ3n) is 16.9. The number of fused-ring (bicyclic) bond motifs is 2. The van der Waals surface area contributed by atoms with Crippen LogP contribution in [0.3, 0.4) is 0 Å². The number of hydrogen-bond acceptors (Lipinski definition) is 15. The minimum Gasteiger partial charge on any atom is -0.461 e. The van der Waals surface area contributed by atoms with Crippen molar-refractivity contribution < 1.29 is 42.4 Å². The quantitative estimate of drug-likeness (QED) is 0.0223. The number of unbranched alkanes of at least 4 members (excludes halogenated alkanes) is 2. The Hall–Kier alpha value is -5.42. The average Bonchev–Trinajstić information content (AvgIpc) is 2.48. The molecule has 4 saturated heterocycles. The molecule has 83 heavy (non-hydrogen) atoms. The monoisotopic (exact) mass is 1170 g/mol. The third kappa shape index (κ3) is 17.8. The van der Waals surface area contributed by atoms with Crippen molar-refractivity contribution in [3.05, 3.63) is 131 Å². The fourth-order valence-corrected chi connectivity index (χ4v) is 21.7. The van der Waals surface area contributed by atoms with Crippen LogP contribution < -0.4 is 11.1 Å². The number of aromatic nitrogens is 2. The smallest absolute Gasteiger partial charge is 0.326 e. The van der Waals surface area contributed by atoms with E-state index in [1.165, 1.54) is 25.7 Å². The summed E-state index contributed by atoms with van der Waals surface area (Å²) in [6, 6.07) is 28.7.